The van der Waals surface area contributed by atoms with E-state index in [-0.39, 0.29) is 5.13 Å². The lowest BCUT2D eigenvalue weighted by Gasteiger charge is -2.25. The fourth-order valence-corrected chi connectivity index (χ4v) is 6.12. The number of hydrogen-bond acceptors (Lipinski definition) is 7. The van der Waals surface area contributed by atoms with Crippen molar-refractivity contribution in [2.45, 2.75) is 39.4 Å². The number of fused-ring (bicyclic) bond motifs is 2. The second kappa shape index (κ2) is 12.8. The first-order valence-electron chi connectivity index (χ1n) is 15.0. The van der Waals surface area contributed by atoms with Crippen molar-refractivity contribution < 1.29 is 13.2 Å². The van der Waals surface area contributed by atoms with Crippen LogP contribution in [0.25, 0.3) is 21.5 Å². The maximum absolute atomic E-state index is 12.9. The van der Waals surface area contributed by atoms with Crippen LogP contribution in [-0.2, 0) is 6.18 Å². The Kier molecular flexibility index (Phi) is 8.64. The number of benzene rings is 5. The third kappa shape index (κ3) is 6.39. The van der Waals surface area contributed by atoms with Gasteiger partial charge in [-0.15, -0.1) is 16.5 Å². The van der Waals surface area contributed by atoms with E-state index in [9.17, 15) is 13.2 Å². The minimum atomic E-state index is -4.47. The number of alkyl halides is 3. The highest BCUT2D eigenvalue weighted by molar-refractivity contribution is 7.13. The number of rotatable bonds is 9. The van der Waals surface area contributed by atoms with E-state index < -0.39 is 11.9 Å². The van der Waals surface area contributed by atoms with Gasteiger partial charge in [-0.25, -0.2) is 4.98 Å². The first-order valence-corrected chi connectivity index (χ1v) is 15.9. The van der Waals surface area contributed by atoms with Crippen LogP contribution in [0.4, 0.5) is 52.4 Å². The quantitative estimate of drug-likeness (QED) is 0.155. The van der Waals surface area contributed by atoms with Crippen molar-refractivity contribution in [3.05, 3.63) is 108 Å². The first-order chi connectivity index (χ1) is 22.1. The van der Waals surface area contributed by atoms with Gasteiger partial charge < -0.3 is 15.5 Å². The first kappa shape index (κ1) is 31.0. The largest absolute Gasteiger partial charge is 0.434 e. The lowest BCUT2D eigenvalue weighted by molar-refractivity contribution is -0.140. The van der Waals surface area contributed by atoms with Crippen LogP contribution >= 0.6 is 11.3 Å². The monoisotopic (exact) mass is 638 g/mol. The Morgan fingerprint density at radius 3 is 2.09 bits per heavy atom. The van der Waals surface area contributed by atoms with E-state index in [0.29, 0.717) is 17.4 Å². The zero-order chi connectivity index (χ0) is 32.4. The molecule has 0 bridgehead atoms. The number of nitrogens with one attached hydrogen (secondary N) is 2. The lowest BCUT2D eigenvalue weighted by Crippen LogP contribution is -2.14. The molecule has 6 rings (SSSR count). The zero-order valence-electron chi connectivity index (χ0n) is 25.9. The van der Waals surface area contributed by atoms with Crippen molar-refractivity contribution in [1.29, 1.82) is 0 Å². The number of nitrogens with zero attached hydrogens (tertiary/aromatic N) is 4. The third-order valence-electron chi connectivity index (χ3n) is 8.02. The SMILES string of the molecule is CCC(C)Nc1ccc(N(C)c2ccc(N=Nc3ccc(Nc4nc(C(F)(F)F)cs4)cc3C)c3ccccc23)c2ccccc12. The highest BCUT2D eigenvalue weighted by Gasteiger charge is 2.33. The molecule has 234 valence electrons. The van der Waals surface area contributed by atoms with Crippen molar-refractivity contribution in [2.75, 3.05) is 22.6 Å². The maximum atomic E-state index is 12.9. The number of azo groups is 1. The summed E-state index contributed by atoms with van der Waals surface area (Å²) in [6, 6.07) is 30.7. The topological polar surface area (TPSA) is 64.9 Å². The summed E-state index contributed by atoms with van der Waals surface area (Å²) >= 11 is 0.905. The zero-order valence-corrected chi connectivity index (χ0v) is 26.7. The van der Waals surface area contributed by atoms with E-state index in [1.165, 1.54) is 5.39 Å². The molecule has 6 nitrogen and oxygen atoms in total. The van der Waals surface area contributed by atoms with Crippen LogP contribution in [0.2, 0.25) is 0 Å². The van der Waals surface area contributed by atoms with Gasteiger partial charge >= 0.3 is 6.18 Å². The van der Waals surface area contributed by atoms with E-state index in [2.05, 4.69) is 100 Å². The van der Waals surface area contributed by atoms with E-state index in [4.69, 9.17) is 0 Å². The van der Waals surface area contributed by atoms with E-state index in [1.807, 2.05) is 37.3 Å². The second-order valence-corrected chi connectivity index (χ2v) is 12.1. The lowest BCUT2D eigenvalue weighted by atomic mass is 10.0. The molecule has 1 atom stereocenters. The second-order valence-electron chi connectivity index (χ2n) is 11.2. The normalized spacial score (nSPS) is 12.6. The molecule has 0 fully saturated rings. The molecule has 0 aliphatic carbocycles. The summed E-state index contributed by atoms with van der Waals surface area (Å²) in [4.78, 5) is 5.86. The Balaban J connectivity index is 1.28. The minimum absolute atomic E-state index is 0.171. The molecular weight excluding hydrogens is 605 g/mol. The van der Waals surface area contributed by atoms with Gasteiger partial charge in [0.25, 0.3) is 0 Å². The number of hydrogen-bond donors (Lipinski definition) is 2. The summed E-state index contributed by atoms with van der Waals surface area (Å²) in [5, 5.41) is 21.3. The maximum Gasteiger partial charge on any atom is 0.434 e. The average Bonchev–Trinajstić information content (AvgIpc) is 3.53. The summed E-state index contributed by atoms with van der Waals surface area (Å²) in [6.07, 6.45) is -3.44. The molecule has 0 saturated heterocycles. The van der Waals surface area contributed by atoms with Gasteiger partial charge in [0.05, 0.1) is 11.4 Å². The number of thiazole rings is 1. The highest BCUT2D eigenvalue weighted by atomic mass is 32.1. The molecule has 0 aliphatic heterocycles. The molecule has 2 N–H and O–H groups in total. The molecule has 1 heterocycles. The van der Waals surface area contributed by atoms with E-state index in [1.54, 1.807) is 12.1 Å². The molecule has 6 aromatic rings. The Morgan fingerprint density at radius 1 is 0.826 bits per heavy atom. The molecule has 1 unspecified atom stereocenters. The van der Waals surface area contributed by atoms with E-state index in [0.717, 1.165) is 67.6 Å². The predicted molar refractivity (Wildman–Crippen MR) is 185 cm³/mol. The smallest absolute Gasteiger partial charge is 0.382 e. The predicted octanol–water partition coefficient (Wildman–Crippen LogP) is 11.9. The molecule has 0 amide bonds. The molecule has 5 aromatic carbocycles. The number of aryl methyl sites for hydroxylation is 1. The molecule has 0 spiro atoms. The number of halogens is 3. The molecule has 0 aliphatic rings. The van der Waals surface area contributed by atoms with Crippen molar-refractivity contribution in [3.8, 4) is 0 Å². The van der Waals surface area contributed by atoms with Gasteiger partial charge in [-0.2, -0.15) is 18.3 Å². The Labute approximate surface area is 269 Å². The van der Waals surface area contributed by atoms with Crippen LogP contribution in [0.3, 0.4) is 0 Å². The number of aromatic nitrogens is 1. The molecule has 10 heteroatoms. The summed E-state index contributed by atoms with van der Waals surface area (Å²) in [5.41, 5.74) is 5.19. The summed E-state index contributed by atoms with van der Waals surface area (Å²) in [6.45, 7) is 6.25. The standard InChI is InChI=1S/C36H33F3N6S/c1-5-23(3)40-30-16-18-32(27-12-8-6-10-25(27)30)45(4)33-19-17-31(26-11-7-9-13-28(26)33)44-43-29-15-14-24(20-22(29)2)41-35-42-34(21-46-35)36(37,38)39/h6-21,23,40H,5H2,1-4H3,(H,41,42). The van der Waals surface area contributed by atoms with Crippen LogP contribution < -0.4 is 15.5 Å². The molecule has 0 radical (unpaired) electrons. The Bertz CT molecular complexity index is 2050. The highest BCUT2D eigenvalue weighted by Crippen LogP contribution is 2.41. The van der Waals surface area contributed by atoms with Gasteiger partial charge in [-0.3, -0.25) is 0 Å². The van der Waals surface area contributed by atoms with Crippen molar-refractivity contribution in [3.63, 3.8) is 0 Å². The Hall–Kier alpha value is -4.96. The van der Waals surface area contributed by atoms with Crippen LogP contribution in [0.5, 0.6) is 0 Å². The summed E-state index contributed by atoms with van der Waals surface area (Å²) < 4.78 is 38.8. The Morgan fingerprint density at radius 2 is 1.43 bits per heavy atom. The van der Waals surface area contributed by atoms with Crippen molar-refractivity contribution in [2.24, 2.45) is 10.2 Å². The van der Waals surface area contributed by atoms with Crippen LogP contribution in [0.1, 0.15) is 31.5 Å². The molecule has 1 aromatic heterocycles. The van der Waals surface area contributed by atoms with Gasteiger partial charge in [-0.1, -0.05) is 55.5 Å². The minimum Gasteiger partial charge on any atom is -0.382 e. The summed E-state index contributed by atoms with van der Waals surface area (Å²) in [7, 11) is 2.08. The van der Waals surface area contributed by atoms with E-state index >= 15 is 0 Å². The van der Waals surface area contributed by atoms with Gasteiger partial charge in [0.2, 0.25) is 0 Å². The van der Waals surface area contributed by atoms with Gasteiger partial charge in [0, 0.05) is 62.8 Å². The average molecular weight is 639 g/mol. The molecule has 46 heavy (non-hydrogen) atoms. The van der Waals surface area contributed by atoms with Gasteiger partial charge in [-0.05, 0) is 68.3 Å². The molecule has 0 saturated carbocycles. The van der Waals surface area contributed by atoms with Gasteiger partial charge in [0.1, 0.15) is 0 Å². The third-order valence-corrected chi connectivity index (χ3v) is 8.78. The molecular formula is C36H33F3N6S. The van der Waals surface area contributed by atoms with Crippen molar-refractivity contribution >= 4 is 72.1 Å². The van der Waals surface area contributed by atoms with Crippen LogP contribution in [-0.4, -0.2) is 18.1 Å². The fraction of sp³-hybridized carbons (Fsp3) is 0.194. The summed E-state index contributed by atoms with van der Waals surface area (Å²) in [5.74, 6) is 0. The van der Waals surface area contributed by atoms with Gasteiger partial charge in [0.15, 0.2) is 10.8 Å². The number of anilines is 5. The van der Waals surface area contributed by atoms with Crippen LogP contribution in [0.15, 0.2) is 107 Å². The van der Waals surface area contributed by atoms with Crippen LogP contribution in [0, 0.1) is 6.92 Å². The van der Waals surface area contributed by atoms with Crippen molar-refractivity contribution in [1.82, 2.24) is 4.98 Å². The fourth-order valence-electron chi connectivity index (χ4n) is 5.38.